The monoisotopic (exact) mass is 490 g/mol. The summed E-state index contributed by atoms with van der Waals surface area (Å²) < 4.78 is 10.8. The average molecular weight is 490 g/mol. The Labute approximate surface area is 176 Å². The number of aromatic nitrogens is 1. The van der Waals surface area contributed by atoms with Crippen molar-refractivity contribution < 1.29 is 9.47 Å². The Bertz CT molecular complexity index is 661. The van der Waals surface area contributed by atoms with E-state index in [1.807, 2.05) is 31.2 Å². The number of guanidine groups is 1. The number of hydrogen-bond donors (Lipinski definition) is 2. The fourth-order valence-corrected chi connectivity index (χ4v) is 2.83. The zero-order valence-electron chi connectivity index (χ0n) is 15.4. The number of methoxy groups -OCH3 is 1. The van der Waals surface area contributed by atoms with Crippen LogP contribution in [0.5, 0.6) is 11.5 Å². The van der Waals surface area contributed by atoms with E-state index in [1.54, 1.807) is 18.4 Å². The van der Waals surface area contributed by atoms with Crippen molar-refractivity contribution in [3.05, 3.63) is 40.3 Å². The first-order chi connectivity index (χ1) is 12.2. The zero-order valence-corrected chi connectivity index (χ0v) is 18.6. The molecule has 0 saturated heterocycles. The standard InChI is InChI=1S/C18H26N4O2S.HI/c1-4-17-22-14(13-25-17)12-21-18(19-5-2)20-10-11-24-16-8-6-15(23-3)7-9-16;/h6-9,13H,4-5,10-12H2,1-3H3,(H2,19,20,21);1H. The van der Waals surface area contributed by atoms with Crippen molar-refractivity contribution in [1.29, 1.82) is 0 Å². The predicted molar refractivity (Wildman–Crippen MR) is 118 cm³/mol. The molecule has 2 rings (SSSR count). The third-order valence-electron chi connectivity index (χ3n) is 3.37. The van der Waals surface area contributed by atoms with Gasteiger partial charge in [-0.2, -0.15) is 0 Å². The Morgan fingerprint density at radius 2 is 1.88 bits per heavy atom. The lowest BCUT2D eigenvalue weighted by Gasteiger charge is -2.12. The van der Waals surface area contributed by atoms with Crippen LogP contribution in [-0.2, 0) is 13.0 Å². The van der Waals surface area contributed by atoms with Crippen LogP contribution in [0.3, 0.4) is 0 Å². The summed E-state index contributed by atoms with van der Waals surface area (Å²) in [5.74, 6) is 2.41. The van der Waals surface area contributed by atoms with E-state index >= 15 is 0 Å². The number of nitrogens with one attached hydrogen (secondary N) is 2. The summed E-state index contributed by atoms with van der Waals surface area (Å²) in [6.45, 7) is 6.75. The van der Waals surface area contributed by atoms with Crippen molar-refractivity contribution in [2.45, 2.75) is 26.8 Å². The molecule has 1 aromatic heterocycles. The topological polar surface area (TPSA) is 67.8 Å². The molecular weight excluding hydrogens is 463 g/mol. The van der Waals surface area contributed by atoms with Crippen LogP contribution < -0.4 is 20.1 Å². The molecule has 0 aliphatic carbocycles. The van der Waals surface area contributed by atoms with Crippen LogP contribution in [0.1, 0.15) is 24.5 Å². The largest absolute Gasteiger partial charge is 0.497 e. The highest BCUT2D eigenvalue weighted by Crippen LogP contribution is 2.16. The Kier molecular flexibility index (Phi) is 11.0. The number of rotatable bonds is 9. The lowest BCUT2D eigenvalue weighted by atomic mass is 10.3. The molecule has 2 N–H and O–H groups in total. The first-order valence-corrected chi connectivity index (χ1v) is 9.35. The molecule has 1 aromatic carbocycles. The molecule has 6 nitrogen and oxygen atoms in total. The molecular formula is C18H27IN4O2S. The maximum absolute atomic E-state index is 5.70. The van der Waals surface area contributed by atoms with Crippen molar-refractivity contribution >= 4 is 41.3 Å². The molecule has 0 radical (unpaired) electrons. The van der Waals surface area contributed by atoms with Gasteiger partial charge in [0.1, 0.15) is 18.1 Å². The Balaban J connectivity index is 0.00000338. The highest BCUT2D eigenvalue weighted by Gasteiger charge is 2.02. The van der Waals surface area contributed by atoms with E-state index in [2.05, 4.69) is 32.9 Å². The van der Waals surface area contributed by atoms with E-state index in [1.165, 1.54) is 0 Å². The van der Waals surface area contributed by atoms with E-state index < -0.39 is 0 Å². The van der Waals surface area contributed by atoms with Crippen LogP contribution in [0.25, 0.3) is 0 Å². The third kappa shape index (κ3) is 7.77. The number of ether oxygens (including phenoxy) is 2. The maximum atomic E-state index is 5.70. The molecule has 0 aliphatic heterocycles. The molecule has 0 amide bonds. The van der Waals surface area contributed by atoms with Crippen molar-refractivity contribution in [3.8, 4) is 11.5 Å². The minimum atomic E-state index is 0. The van der Waals surface area contributed by atoms with Gasteiger partial charge in [0.2, 0.25) is 0 Å². The van der Waals surface area contributed by atoms with Gasteiger partial charge in [0.05, 0.1) is 30.9 Å². The predicted octanol–water partition coefficient (Wildman–Crippen LogP) is 3.47. The van der Waals surface area contributed by atoms with E-state index in [0.717, 1.165) is 41.1 Å². The zero-order chi connectivity index (χ0) is 17.9. The molecule has 26 heavy (non-hydrogen) atoms. The molecule has 0 fully saturated rings. The lowest BCUT2D eigenvalue weighted by Crippen LogP contribution is -2.39. The second kappa shape index (κ2) is 12.7. The van der Waals surface area contributed by atoms with Gasteiger partial charge in [-0.1, -0.05) is 6.92 Å². The fourth-order valence-electron chi connectivity index (χ4n) is 2.10. The van der Waals surface area contributed by atoms with Gasteiger partial charge in [-0.05, 0) is 37.6 Å². The summed E-state index contributed by atoms with van der Waals surface area (Å²) in [4.78, 5) is 9.10. The Hall–Kier alpha value is -1.55. The minimum Gasteiger partial charge on any atom is -0.497 e. The average Bonchev–Trinajstić information content (AvgIpc) is 3.11. The number of halogens is 1. The summed E-state index contributed by atoms with van der Waals surface area (Å²) in [5, 5.41) is 9.72. The number of hydrogen-bond acceptors (Lipinski definition) is 5. The van der Waals surface area contributed by atoms with Crippen LogP contribution in [0.15, 0.2) is 34.6 Å². The van der Waals surface area contributed by atoms with Gasteiger partial charge >= 0.3 is 0 Å². The number of thiazole rings is 1. The Morgan fingerprint density at radius 1 is 1.15 bits per heavy atom. The maximum Gasteiger partial charge on any atom is 0.191 e. The molecule has 0 atom stereocenters. The van der Waals surface area contributed by atoms with Crippen molar-refractivity contribution in [1.82, 2.24) is 15.6 Å². The molecule has 0 aliphatic rings. The van der Waals surface area contributed by atoms with Gasteiger partial charge in [0.15, 0.2) is 5.96 Å². The summed E-state index contributed by atoms with van der Waals surface area (Å²) in [7, 11) is 1.65. The SMILES string of the molecule is CCNC(=NCc1csc(CC)n1)NCCOc1ccc(OC)cc1.I. The normalized spacial score (nSPS) is 10.8. The van der Waals surface area contributed by atoms with Crippen molar-refractivity contribution in [2.24, 2.45) is 4.99 Å². The highest BCUT2D eigenvalue weighted by molar-refractivity contribution is 14.0. The smallest absolute Gasteiger partial charge is 0.191 e. The van der Waals surface area contributed by atoms with E-state index in [9.17, 15) is 0 Å². The van der Waals surface area contributed by atoms with Crippen LogP contribution >= 0.6 is 35.3 Å². The molecule has 0 spiro atoms. The second-order valence-electron chi connectivity index (χ2n) is 5.23. The van der Waals surface area contributed by atoms with E-state index in [4.69, 9.17) is 9.47 Å². The highest BCUT2D eigenvalue weighted by atomic mass is 127. The minimum absolute atomic E-state index is 0. The Morgan fingerprint density at radius 3 is 2.50 bits per heavy atom. The summed E-state index contributed by atoms with van der Waals surface area (Å²) in [6.07, 6.45) is 0.968. The third-order valence-corrected chi connectivity index (χ3v) is 4.41. The van der Waals surface area contributed by atoms with Crippen molar-refractivity contribution in [2.75, 3.05) is 26.8 Å². The van der Waals surface area contributed by atoms with Crippen LogP contribution in [0, 0.1) is 0 Å². The van der Waals surface area contributed by atoms with Gasteiger partial charge in [-0.25, -0.2) is 9.98 Å². The lowest BCUT2D eigenvalue weighted by molar-refractivity contribution is 0.321. The van der Waals surface area contributed by atoms with Gasteiger partial charge in [-0.15, -0.1) is 35.3 Å². The van der Waals surface area contributed by atoms with Crippen LogP contribution in [-0.4, -0.2) is 37.7 Å². The van der Waals surface area contributed by atoms with Gasteiger partial charge < -0.3 is 20.1 Å². The van der Waals surface area contributed by atoms with E-state index in [0.29, 0.717) is 19.7 Å². The molecule has 1 heterocycles. The molecule has 0 bridgehead atoms. The summed E-state index contributed by atoms with van der Waals surface area (Å²) in [5.41, 5.74) is 1.01. The number of aryl methyl sites for hydroxylation is 1. The molecule has 144 valence electrons. The number of aliphatic imine (C=N–C) groups is 1. The summed E-state index contributed by atoms with van der Waals surface area (Å²) in [6, 6.07) is 7.55. The van der Waals surface area contributed by atoms with Gasteiger partial charge in [0.25, 0.3) is 0 Å². The molecule has 0 saturated carbocycles. The first-order valence-electron chi connectivity index (χ1n) is 8.47. The van der Waals surface area contributed by atoms with Crippen LogP contribution in [0.4, 0.5) is 0 Å². The van der Waals surface area contributed by atoms with Crippen LogP contribution in [0.2, 0.25) is 0 Å². The van der Waals surface area contributed by atoms with Crippen molar-refractivity contribution in [3.63, 3.8) is 0 Å². The van der Waals surface area contributed by atoms with E-state index in [-0.39, 0.29) is 24.0 Å². The number of nitrogens with zero attached hydrogens (tertiary/aromatic N) is 2. The fraction of sp³-hybridized carbons (Fsp3) is 0.444. The first kappa shape index (κ1) is 22.5. The second-order valence-corrected chi connectivity index (χ2v) is 6.17. The number of benzene rings is 1. The summed E-state index contributed by atoms with van der Waals surface area (Å²) >= 11 is 1.69. The van der Waals surface area contributed by atoms with Gasteiger partial charge in [0, 0.05) is 11.9 Å². The molecule has 0 unspecified atom stereocenters. The molecule has 8 heteroatoms. The quantitative estimate of drug-likeness (QED) is 0.244. The van der Waals surface area contributed by atoms with Gasteiger partial charge in [-0.3, -0.25) is 0 Å². The molecule has 2 aromatic rings.